The van der Waals surface area contributed by atoms with Crippen molar-refractivity contribution in [2.24, 2.45) is 5.41 Å². The molecule has 0 atom stereocenters. The van der Waals surface area contributed by atoms with E-state index in [4.69, 9.17) is 5.11 Å². The highest BCUT2D eigenvalue weighted by Crippen LogP contribution is 2.31. The summed E-state index contributed by atoms with van der Waals surface area (Å²) in [5, 5.41) is 12.3. The second kappa shape index (κ2) is 5.52. The Morgan fingerprint density at radius 2 is 2.00 bits per heavy atom. The van der Waals surface area contributed by atoms with Gasteiger partial charge in [0.05, 0.1) is 5.56 Å². The molecule has 0 saturated carbocycles. The van der Waals surface area contributed by atoms with Crippen LogP contribution in [-0.4, -0.2) is 17.0 Å². The van der Waals surface area contributed by atoms with Crippen molar-refractivity contribution < 1.29 is 14.7 Å². The van der Waals surface area contributed by atoms with E-state index in [0.717, 1.165) is 11.3 Å². The summed E-state index contributed by atoms with van der Waals surface area (Å²) in [6.45, 7) is 7.58. The minimum absolute atomic E-state index is 0.142. The summed E-state index contributed by atoms with van der Waals surface area (Å²) in [5.41, 5.74) is -0.316. The van der Waals surface area contributed by atoms with Crippen molar-refractivity contribution >= 4 is 28.2 Å². The van der Waals surface area contributed by atoms with Gasteiger partial charge in [0, 0.05) is 10.3 Å². The van der Waals surface area contributed by atoms with Gasteiger partial charge in [0.2, 0.25) is 5.91 Å². The van der Waals surface area contributed by atoms with Gasteiger partial charge in [-0.2, -0.15) is 0 Å². The molecular formula is C13H19NO3S. The van der Waals surface area contributed by atoms with Gasteiger partial charge < -0.3 is 10.4 Å². The molecule has 18 heavy (non-hydrogen) atoms. The van der Waals surface area contributed by atoms with Gasteiger partial charge in [-0.05, 0) is 18.9 Å². The number of hydrogen-bond donors (Lipinski definition) is 2. The van der Waals surface area contributed by atoms with Crippen LogP contribution >= 0.6 is 11.3 Å². The topological polar surface area (TPSA) is 66.4 Å². The smallest absolute Gasteiger partial charge is 0.338 e. The van der Waals surface area contributed by atoms with E-state index in [0.29, 0.717) is 11.4 Å². The highest BCUT2D eigenvalue weighted by molar-refractivity contribution is 7.16. The number of aryl methyl sites for hydroxylation is 1. The summed E-state index contributed by atoms with van der Waals surface area (Å²) in [6.07, 6.45) is 1.46. The Kier molecular flexibility index (Phi) is 4.51. The lowest BCUT2D eigenvalue weighted by Gasteiger charge is -2.21. The van der Waals surface area contributed by atoms with E-state index in [2.05, 4.69) is 5.32 Å². The number of nitrogens with one attached hydrogen (secondary N) is 1. The molecule has 0 aromatic carbocycles. The number of aromatic carboxylic acids is 1. The predicted molar refractivity (Wildman–Crippen MR) is 73.4 cm³/mol. The summed E-state index contributed by atoms with van der Waals surface area (Å²) in [4.78, 5) is 24.1. The molecule has 0 aliphatic rings. The van der Waals surface area contributed by atoms with Gasteiger partial charge >= 0.3 is 5.97 Å². The van der Waals surface area contributed by atoms with Crippen LogP contribution in [0.2, 0.25) is 0 Å². The van der Waals surface area contributed by atoms with Crippen molar-refractivity contribution in [3.05, 3.63) is 16.5 Å². The molecule has 4 nitrogen and oxygen atoms in total. The molecule has 0 bridgehead atoms. The number of carboxylic acid groups (broad SMARTS) is 1. The Labute approximate surface area is 111 Å². The van der Waals surface area contributed by atoms with Crippen molar-refractivity contribution in [2.45, 2.75) is 40.5 Å². The van der Waals surface area contributed by atoms with E-state index in [9.17, 15) is 9.59 Å². The summed E-state index contributed by atoms with van der Waals surface area (Å²) in [7, 11) is 0. The molecule has 1 rings (SSSR count). The highest BCUT2D eigenvalue weighted by Gasteiger charge is 2.27. The average Bonchev–Trinajstić information content (AvgIpc) is 2.72. The first-order chi connectivity index (χ1) is 8.31. The molecule has 0 aliphatic carbocycles. The molecule has 0 fully saturated rings. The lowest BCUT2D eigenvalue weighted by Crippen LogP contribution is -2.30. The third-order valence-corrected chi connectivity index (χ3v) is 4.28. The van der Waals surface area contributed by atoms with Crippen LogP contribution in [0.15, 0.2) is 6.07 Å². The molecule has 0 unspecified atom stereocenters. The second-order valence-electron chi connectivity index (χ2n) is 4.81. The Morgan fingerprint density at radius 3 is 2.44 bits per heavy atom. The molecule has 5 heteroatoms. The number of thiophene rings is 1. The Bertz CT molecular complexity index is 463. The third kappa shape index (κ3) is 3.10. The molecule has 2 N–H and O–H groups in total. The number of anilines is 1. The van der Waals surface area contributed by atoms with Crippen molar-refractivity contribution in [1.82, 2.24) is 0 Å². The first-order valence-electron chi connectivity index (χ1n) is 5.99. The SMILES string of the molecule is CCc1cc(C(=O)O)c(NC(=O)C(C)(C)CC)s1. The van der Waals surface area contributed by atoms with Crippen LogP contribution < -0.4 is 5.32 Å². The maximum atomic E-state index is 12.0. The highest BCUT2D eigenvalue weighted by atomic mass is 32.1. The van der Waals surface area contributed by atoms with Gasteiger partial charge in [0.25, 0.3) is 0 Å². The molecule has 0 saturated heterocycles. The minimum Gasteiger partial charge on any atom is -0.478 e. The zero-order valence-electron chi connectivity index (χ0n) is 11.2. The fourth-order valence-electron chi connectivity index (χ4n) is 1.30. The standard InChI is InChI=1S/C13H19NO3S/c1-5-8-7-9(11(15)16)10(18-8)14-12(17)13(3,4)6-2/h7H,5-6H2,1-4H3,(H,14,17)(H,15,16). The fourth-order valence-corrected chi connectivity index (χ4v) is 2.28. The lowest BCUT2D eigenvalue weighted by atomic mass is 9.89. The molecule has 1 heterocycles. The molecule has 0 radical (unpaired) electrons. The van der Waals surface area contributed by atoms with Crippen molar-refractivity contribution in [3.63, 3.8) is 0 Å². The minimum atomic E-state index is -1.00. The van der Waals surface area contributed by atoms with Crippen molar-refractivity contribution in [1.29, 1.82) is 0 Å². The summed E-state index contributed by atoms with van der Waals surface area (Å²) < 4.78 is 0. The van der Waals surface area contributed by atoms with E-state index < -0.39 is 11.4 Å². The zero-order valence-corrected chi connectivity index (χ0v) is 12.0. The monoisotopic (exact) mass is 269 g/mol. The molecule has 0 aliphatic heterocycles. The van der Waals surface area contributed by atoms with Gasteiger partial charge in [-0.15, -0.1) is 11.3 Å². The largest absolute Gasteiger partial charge is 0.478 e. The molecule has 1 amide bonds. The van der Waals surface area contributed by atoms with E-state index in [1.807, 2.05) is 27.7 Å². The van der Waals surface area contributed by atoms with E-state index in [-0.39, 0.29) is 11.5 Å². The molecular weight excluding hydrogens is 250 g/mol. The van der Waals surface area contributed by atoms with Crippen LogP contribution in [0, 0.1) is 5.41 Å². The number of carbonyl (C=O) groups excluding carboxylic acids is 1. The molecule has 0 spiro atoms. The van der Waals surface area contributed by atoms with Gasteiger partial charge in [0.15, 0.2) is 0 Å². The lowest BCUT2D eigenvalue weighted by molar-refractivity contribution is -0.124. The molecule has 1 aromatic rings. The summed E-state index contributed by atoms with van der Waals surface area (Å²) in [6, 6.07) is 1.63. The number of amides is 1. The number of carbonyl (C=O) groups is 2. The quantitative estimate of drug-likeness (QED) is 0.861. The van der Waals surface area contributed by atoms with Crippen molar-refractivity contribution in [3.8, 4) is 0 Å². The van der Waals surface area contributed by atoms with E-state index in [1.165, 1.54) is 11.3 Å². The van der Waals surface area contributed by atoms with Gasteiger partial charge in [-0.25, -0.2) is 4.79 Å². The molecule has 100 valence electrons. The Morgan fingerprint density at radius 1 is 1.39 bits per heavy atom. The normalized spacial score (nSPS) is 11.3. The predicted octanol–water partition coefficient (Wildman–Crippen LogP) is 3.38. The van der Waals surface area contributed by atoms with Crippen LogP contribution in [0.25, 0.3) is 0 Å². The Balaban J connectivity index is 3.00. The third-order valence-electron chi connectivity index (χ3n) is 3.09. The average molecular weight is 269 g/mol. The van der Waals surface area contributed by atoms with E-state index in [1.54, 1.807) is 6.07 Å². The van der Waals surface area contributed by atoms with Crippen LogP contribution in [-0.2, 0) is 11.2 Å². The first-order valence-corrected chi connectivity index (χ1v) is 6.81. The van der Waals surface area contributed by atoms with Crippen LogP contribution in [0.4, 0.5) is 5.00 Å². The second-order valence-corrected chi connectivity index (χ2v) is 5.94. The maximum Gasteiger partial charge on any atom is 0.338 e. The van der Waals surface area contributed by atoms with Crippen LogP contribution in [0.3, 0.4) is 0 Å². The van der Waals surface area contributed by atoms with Gasteiger partial charge in [-0.1, -0.05) is 27.7 Å². The fraction of sp³-hybridized carbons (Fsp3) is 0.538. The first kappa shape index (κ1) is 14.7. The summed E-state index contributed by atoms with van der Waals surface area (Å²) in [5.74, 6) is -1.15. The number of carboxylic acids is 1. The summed E-state index contributed by atoms with van der Waals surface area (Å²) >= 11 is 1.33. The maximum absolute atomic E-state index is 12.0. The van der Waals surface area contributed by atoms with Crippen LogP contribution in [0.5, 0.6) is 0 Å². The van der Waals surface area contributed by atoms with Crippen molar-refractivity contribution in [2.75, 3.05) is 5.32 Å². The number of hydrogen-bond acceptors (Lipinski definition) is 3. The zero-order chi connectivity index (χ0) is 13.9. The van der Waals surface area contributed by atoms with Gasteiger partial charge in [-0.3, -0.25) is 4.79 Å². The molecule has 1 aromatic heterocycles. The van der Waals surface area contributed by atoms with Gasteiger partial charge in [0.1, 0.15) is 5.00 Å². The Hall–Kier alpha value is -1.36. The van der Waals surface area contributed by atoms with Crippen LogP contribution in [0.1, 0.15) is 49.4 Å². The van der Waals surface area contributed by atoms with E-state index >= 15 is 0 Å². The number of rotatable bonds is 5.